The van der Waals surface area contributed by atoms with Crippen LogP contribution in [0.2, 0.25) is 0 Å². The Kier molecular flexibility index (Phi) is 2.71. The fourth-order valence-corrected chi connectivity index (χ4v) is 1.92. The monoisotopic (exact) mass is 192 g/mol. The zero-order valence-electron chi connectivity index (χ0n) is 8.64. The lowest BCUT2D eigenvalue weighted by atomic mass is 9.97. The molecule has 2 nitrogen and oxygen atoms in total. The van der Waals surface area contributed by atoms with Crippen LogP contribution in [0, 0.1) is 0 Å². The van der Waals surface area contributed by atoms with E-state index < -0.39 is 0 Å². The topological polar surface area (TPSA) is 30.2 Å². The van der Waals surface area contributed by atoms with Crippen LogP contribution in [0.15, 0.2) is 10.5 Å². The molecule has 76 valence electrons. The maximum absolute atomic E-state index is 11.5. The molecule has 14 heavy (non-hydrogen) atoms. The molecule has 1 aliphatic rings. The van der Waals surface area contributed by atoms with Crippen LogP contribution < -0.4 is 0 Å². The molecule has 0 aromatic carbocycles. The Labute approximate surface area is 84.3 Å². The lowest BCUT2D eigenvalue weighted by Crippen LogP contribution is -2.07. The van der Waals surface area contributed by atoms with Gasteiger partial charge in [-0.1, -0.05) is 13.3 Å². The fourth-order valence-electron chi connectivity index (χ4n) is 1.92. The molecule has 0 saturated heterocycles. The second kappa shape index (κ2) is 3.99. The summed E-state index contributed by atoms with van der Waals surface area (Å²) in [6.07, 6.45) is 5.86. The summed E-state index contributed by atoms with van der Waals surface area (Å²) >= 11 is 0. The number of Topliss-reactive ketones (excluding diaryl/α,β-unsaturated/α-hetero) is 1. The van der Waals surface area contributed by atoms with E-state index in [1.807, 2.05) is 6.07 Å². The van der Waals surface area contributed by atoms with Crippen molar-refractivity contribution in [1.82, 2.24) is 0 Å². The number of ketones is 1. The zero-order valence-corrected chi connectivity index (χ0v) is 8.64. The van der Waals surface area contributed by atoms with Crippen molar-refractivity contribution in [1.29, 1.82) is 0 Å². The van der Waals surface area contributed by atoms with Crippen LogP contribution in [0.5, 0.6) is 0 Å². The maximum Gasteiger partial charge on any atom is 0.166 e. The highest BCUT2D eigenvalue weighted by Crippen LogP contribution is 2.25. The molecule has 0 spiro atoms. The molecule has 2 rings (SSSR count). The molecular formula is C12H16O2. The lowest BCUT2D eigenvalue weighted by Gasteiger charge is -2.06. The van der Waals surface area contributed by atoms with Gasteiger partial charge in [-0.15, -0.1) is 0 Å². The Morgan fingerprint density at radius 1 is 1.43 bits per heavy atom. The Balaban J connectivity index is 2.17. The minimum atomic E-state index is 0.262. The first-order valence-corrected chi connectivity index (χ1v) is 5.46. The van der Waals surface area contributed by atoms with Gasteiger partial charge in [0.25, 0.3) is 0 Å². The summed E-state index contributed by atoms with van der Waals surface area (Å²) in [5.41, 5.74) is 0.849. The molecule has 0 aliphatic heterocycles. The summed E-state index contributed by atoms with van der Waals surface area (Å²) in [7, 11) is 0. The summed E-state index contributed by atoms with van der Waals surface area (Å²) in [5, 5.41) is 0. The van der Waals surface area contributed by atoms with E-state index in [9.17, 15) is 4.79 Å². The predicted molar refractivity (Wildman–Crippen MR) is 54.6 cm³/mol. The smallest absolute Gasteiger partial charge is 0.166 e. The van der Waals surface area contributed by atoms with Crippen LogP contribution in [-0.2, 0) is 12.8 Å². The SMILES string of the molecule is CCCCc1cc2c(o1)CCCC2=O. The number of carbonyl (C=O) groups excluding carboxylic acids is 1. The average Bonchev–Trinajstić information content (AvgIpc) is 2.59. The molecule has 0 N–H and O–H groups in total. The number of carbonyl (C=O) groups is 1. The normalized spacial score (nSPS) is 15.6. The third-order valence-corrected chi connectivity index (χ3v) is 2.74. The molecule has 1 heterocycles. The molecule has 1 aromatic heterocycles. The van der Waals surface area contributed by atoms with Crippen molar-refractivity contribution in [3.63, 3.8) is 0 Å². The summed E-state index contributed by atoms with van der Waals surface area (Å²) in [6, 6.07) is 1.95. The van der Waals surface area contributed by atoms with Crippen LogP contribution in [0.3, 0.4) is 0 Å². The highest BCUT2D eigenvalue weighted by atomic mass is 16.3. The van der Waals surface area contributed by atoms with E-state index in [4.69, 9.17) is 4.42 Å². The average molecular weight is 192 g/mol. The Bertz CT molecular complexity index is 336. The van der Waals surface area contributed by atoms with Crippen LogP contribution in [0.4, 0.5) is 0 Å². The molecule has 0 bridgehead atoms. The predicted octanol–water partition coefficient (Wildman–Crippen LogP) is 3.14. The van der Waals surface area contributed by atoms with Crippen molar-refractivity contribution in [2.45, 2.75) is 45.4 Å². The quantitative estimate of drug-likeness (QED) is 0.736. The van der Waals surface area contributed by atoms with Gasteiger partial charge >= 0.3 is 0 Å². The Morgan fingerprint density at radius 3 is 3.00 bits per heavy atom. The molecule has 0 fully saturated rings. The van der Waals surface area contributed by atoms with Gasteiger partial charge < -0.3 is 4.42 Å². The van der Waals surface area contributed by atoms with Gasteiger partial charge in [-0.25, -0.2) is 0 Å². The largest absolute Gasteiger partial charge is 0.465 e. The van der Waals surface area contributed by atoms with E-state index >= 15 is 0 Å². The van der Waals surface area contributed by atoms with Gasteiger partial charge in [0, 0.05) is 19.3 Å². The van der Waals surface area contributed by atoms with Crippen LogP contribution in [0.25, 0.3) is 0 Å². The van der Waals surface area contributed by atoms with E-state index in [1.165, 1.54) is 6.42 Å². The van der Waals surface area contributed by atoms with Gasteiger partial charge in [0.15, 0.2) is 5.78 Å². The Morgan fingerprint density at radius 2 is 2.29 bits per heavy atom. The van der Waals surface area contributed by atoms with Crippen molar-refractivity contribution in [2.75, 3.05) is 0 Å². The molecule has 2 heteroatoms. The minimum Gasteiger partial charge on any atom is -0.465 e. The Hall–Kier alpha value is -1.05. The van der Waals surface area contributed by atoms with Gasteiger partial charge in [0.2, 0.25) is 0 Å². The molecule has 0 radical (unpaired) electrons. The standard InChI is InChI=1S/C12H16O2/c1-2-3-5-9-8-10-11(13)6-4-7-12(10)14-9/h8H,2-7H2,1H3. The first-order chi connectivity index (χ1) is 6.81. The first-order valence-electron chi connectivity index (χ1n) is 5.46. The summed E-state index contributed by atoms with van der Waals surface area (Å²) in [6.45, 7) is 2.16. The van der Waals surface area contributed by atoms with Crippen LogP contribution >= 0.6 is 0 Å². The highest BCUT2D eigenvalue weighted by molar-refractivity contribution is 5.98. The van der Waals surface area contributed by atoms with Crippen molar-refractivity contribution < 1.29 is 9.21 Å². The van der Waals surface area contributed by atoms with E-state index in [0.717, 1.165) is 42.8 Å². The van der Waals surface area contributed by atoms with Gasteiger partial charge in [0.1, 0.15) is 11.5 Å². The molecule has 0 amide bonds. The fraction of sp³-hybridized carbons (Fsp3) is 0.583. The second-order valence-corrected chi connectivity index (χ2v) is 3.93. The maximum atomic E-state index is 11.5. The first kappa shape index (κ1) is 9.50. The second-order valence-electron chi connectivity index (χ2n) is 3.93. The number of unbranched alkanes of at least 4 members (excludes halogenated alkanes) is 1. The number of furan rings is 1. The van der Waals surface area contributed by atoms with Crippen molar-refractivity contribution in [2.24, 2.45) is 0 Å². The van der Waals surface area contributed by atoms with Gasteiger partial charge in [-0.3, -0.25) is 4.79 Å². The van der Waals surface area contributed by atoms with E-state index in [2.05, 4.69) is 6.92 Å². The molecular weight excluding hydrogens is 176 g/mol. The molecule has 1 aromatic rings. The molecule has 1 aliphatic carbocycles. The van der Waals surface area contributed by atoms with Crippen LogP contribution in [-0.4, -0.2) is 5.78 Å². The molecule has 0 unspecified atom stereocenters. The summed E-state index contributed by atoms with van der Waals surface area (Å²) in [5.74, 6) is 2.18. The van der Waals surface area contributed by atoms with E-state index in [1.54, 1.807) is 0 Å². The summed E-state index contributed by atoms with van der Waals surface area (Å²) in [4.78, 5) is 11.5. The number of aryl methyl sites for hydroxylation is 2. The number of rotatable bonds is 3. The van der Waals surface area contributed by atoms with Crippen molar-refractivity contribution >= 4 is 5.78 Å². The highest BCUT2D eigenvalue weighted by Gasteiger charge is 2.21. The van der Waals surface area contributed by atoms with Crippen molar-refractivity contribution in [3.05, 3.63) is 23.2 Å². The van der Waals surface area contributed by atoms with Gasteiger partial charge in [0.05, 0.1) is 5.56 Å². The van der Waals surface area contributed by atoms with Gasteiger partial charge in [-0.2, -0.15) is 0 Å². The van der Waals surface area contributed by atoms with E-state index in [0.29, 0.717) is 6.42 Å². The summed E-state index contributed by atoms with van der Waals surface area (Å²) < 4.78 is 5.66. The van der Waals surface area contributed by atoms with Crippen molar-refractivity contribution in [3.8, 4) is 0 Å². The number of hydrogen-bond acceptors (Lipinski definition) is 2. The minimum absolute atomic E-state index is 0.262. The molecule has 0 saturated carbocycles. The zero-order chi connectivity index (χ0) is 9.97. The molecule has 0 atom stereocenters. The number of fused-ring (bicyclic) bond motifs is 1. The van der Waals surface area contributed by atoms with Gasteiger partial charge in [-0.05, 0) is 18.9 Å². The van der Waals surface area contributed by atoms with Crippen LogP contribution in [0.1, 0.15) is 54.5 Å². The third-order valence-electron chi connectivity index (χ3n) is 2.74. The van der Waals surface area contributed by atoms with E-state index in [-0.39, 0.29) is 5.78 Å². The number of hydrogen-bond donors (Lipinski definition) is 0. The third kappa shape index (κ3) is 1.74. The lowest BCUT2D eigenvalue weighted by molar-refractivity contribution is 0.0969.